The molecule has 0 amide bonds. The first-order valence-corrected chi connectivity index (χ1v) is 7.31. The van der Waals surface area contributed by atoms with Gasteiger partial charge >= 0.3 is 15.2 Å². The largest absolute Gasteiger partial charge is 0.325 e. The second-order valence-corrected chi connectivity index (χ2v) is 5.89. The third-order valence-electron chi connectivity index (χ3n) is 0.824. The summed E-state index contributed by atoms with van der Waals surface area (Å²) in [6, 6.07) is 0. The molecule has 0 bridgehead atoms. The summed E-state index contributed by atoms with van der Waals surface area (Å²) >= 11 is 0. The van der Waals surface area contributed by atoms with Crippen molar-refractivity contribution >= 4 is 15.2 Å². The second kappa shape index (κ2) is 9.59. The van der Waals surface area contributed by atoms with E-state index in [-0.39, 0.29) is 12.3 Å². The van der Waals surface area contributed by atoms with Crippen LogP contribution in [0.15, 0.2) is 13.2 Å². The third kappa shape index (κ3) is 40.2. The smallest absolute Gasteiger partial charge is 0.324 e. The summed E-state index contributed by atoms with van der Waals surface area (Å²) in [6.45, 7) is 8.89. The minimum Gasteiger partial charge on any atom is -0.324 e. The van der Waals surface area contributed by atoms with Crippen molar-refractivity contribution in [3.8, 4) is 0 Å². The van der Waals surface area contributed by atoms with Gasteiger partial charge in [-0.3, -0.25) is 9.13 Å². The summed E-state index contributed by atoms with van der Waals surface area (Å²) in [5, 5.41) is 0. The molecule has 0 aromatic carbocycles. The van der Waals surface area contributed by atoms with Crippen LogP contribution in [0, 0.1) is 0 Å². The molecule has 0 fully saturated rings. The molecule has 0 spiro atoms. The SMILES string of the molecule is C=C.CCP(=O)(O)O.CCP(=O)(O)O. The van der Waals surface area contributed by atoms with Gasteiger partial charge in [0.05, 0.1) is 0 Å². The predicted molar refractivity (Wildman–Crippen MR) is 56.4 cm³/mol. The van der Waals surface area contributed by atoms with Crippen LogP contribution in [0.2, 0.25) is 0 Å². The molecule has 0 aromatic heterocycles. The van der Waals surface area contributed by atoms with E-state index < -0.39 is 15.2 Å². The summed E-state index contributed by atoms with van der Waals surface area (Å²) < 4.78 is 19.4. The van der Waals surface area contributed by atoms with Crippen molar-refractivity contribution in [3.05, 3.63) is 13.2 Å². The van der Waals surface area contributed by atoms with Crippen LogP contribution in [-0.4, -0.2) is 31.9 Å². The molecule has 0 aromatic rings. The van der Waals surface area contributed by atoms with E-state index in [9.17, 15) is 9.13 Å². The fraction of sp³-hybridized carbons (Fsp3) is 0.667. The zero-order valence-corrected chi connectivity index (χ0v) is 10.1. The van der Waals surface area contributed by atoms with E-state index >= 15 is 0 Å². The molecular weight excluding hydrogens is 230 g/mol. The quantitative estimate of drug-likeness (QED) is 0.430. The monoisotopic (exact) mass is 248 g/mol. The van der Waals surface area contributed by atoms with E-state index in [1.807, 2.05) is 0 Å². The van der Waals surface area contributed by atoms with Gasteiger partial charge in [0, 0.05) is 12.3 Å². The molecule has 4 N–H and O–H groups in total. The Morgan fingerprint density at radius 2 is 0.929 bits per heavy atom. The van der Waals surface area contributed by atoms with Crippen LogP contribution >= 0.6 is 15.2 Å². The first-order valence-electron chi connectivity index (χ1n) is 3.71. The zero-order chi connectivity index (χ0) is 12.4. The summed E-state index contributed by atoms with van der Waals surface area (Å²) in [7, 11) is -7.29. The Morgan fingerprint density at radius 1 is 0.857 bits per heavy atom. The summed E-state index contributed by atoms with van der Waals surface area (Å²) in [4.78, 5) is 31.8. The molecule has 0 saturated carbocycles. The maximum Gasteiger partial charge on any atom is 0.325 e. The lowest BCUT2D eigenvalue weighted by Gasteiger charge is -1.92. The van der Waals surface area contributed by atoms with Crippen molar-refractivity contribution in [3.63, 3.8) is 0 Å². The Kier molecular flexibility index (Phi) is 13.4. The molecule has 0 rings (SSSR count). The lowest BCUT2D eigenvalue weighted by atomic mass is 11.0. The molecule has 0 heterocycles. The molecule has 0 aliphatic carbocycles. The van der Waals surface area contributed by atoms with Crippen LogP contribution in [0.4, 0.5) is 0 Å². The summed E-state index contributed by atoms with van der Waals surface area (Å²) in [5.41, 5.74) is 0. The molecule has 8 heteroatoms. The van der Waals surface area contributed by atoms with E-state index in [4.69, 9.17) is 19.6 Å². The van der Waals surface area contributed by atoms with Gasteiger partial charge in [0.1, 0.15) is 0 Å². The third-order valence-corrected chi connectivity index (χ3v) is 2.47. The van der Waals surface area contributed by atoms with Gasteiger partial charge in [-0.2, -0.15) is 0 Å². The maximum atomic E-state index is 9.69. The average Bonchev–Trinajstić information content (AvgIpc) is 2.07. The molecule has 0 aliphatic rings. The van der Waals surface area contributed by atoms with Crippen molar-refractivity contribution < 1.29 is 28.7 Å². The lowest BCUT2D eigenvalue weighted by molar-refractivity contribution is 0.372. The van der Waals surface area contributed by atoms with Gasteiger partial charge in [0.15, 0.2) is 0 Å². The fourth-order valence-corrected chi connectivity index (χ4v) is 0. The summed E-state index contributed by atoms with van der Waals surface area (Å²) in [6.07, 6.45) is -0.125. The van der Waals surface area contributed by atoms with Gasteiger partial charge in [-0.05, 0) is 0 Å². The maximum absolute atomic E-state index is 9.69. The van der Waals surface area contributed by atoms with Gasteiger partial charge in [0.2, 0.25) is 0 Å². The van der Waals surface area contributed by atoms with E-state index in [1.54, 1.807) is 0 Å². The van der Waals surface area contributed by atoms with Crippen LogP contribution in [-0.2, 0) is 9.13 Å². The molecule has 88 valence electrons. The first-order chi connectivity index (χ1) is 6.12. The van der Waals surface area contributed by atoms with Crippen LogP contribution < -0.4 is 0 Å². The Labute approximate surface area is 84.0 Å². The highest BCUT2D eigenvalue weighted by Gasteiger charge is 2.05. The second-order valence-electron chi connectivity index (χ2n) is 1.96. The molecule has 0 aliphatic heterocycles. The average molecular weight is 248 g/mol. The Hall–Kier alpha value is 0.0400. The van der Waals surface area contributed by atoms with Crippen LogP contribution in [0.25, 0.3) is 0 Å². The van der Waals surface area contributed by atoms with E-state index in [1.165, 1.54) is 13.8 Å². The van der Waals surface area contributed by atoms with Crippen LogP contribution in [0.1, 0.15) is 13.8 Å². The van der Waals surface area contributed by atoms with E-state index in [0.29, 0.717) is 0 Å². The molecule has 0 saturated heterocycles. The van der Waals surface area contributed by atoms with Crippen molar-refractivity contribution in [1.82, 2.24) is 0 Å². The van der Waals surface area contributed by atoms with Gasteiger partial charge in [-0.25, -0.2) is 0 Å². The number of hydrogen-bond acceptors (Lipinski definition) is 2. The minimum absolute atomic E-state index is 0.0625. The predicted octanol–water partition coefficient (Wildman–Crippen LogP) is 1.17. The van der Waals surface area contributed by atoms with Gasteiger partial charge in [-0.1, -0.05) is 13.8 Å². The molecule has 6 nitrogen and oxygen atoms in total. The molecule has 0 unspecified atom stereocenters. The van der Waals surface area contributed by atoms with Gasteiger partial charge < -0.3 is 19.6 Å². The highest BCUT2D eigenvalue weighted by Crippen LogP contribution is 2.32. The van der Waals surface area contributed by atoms with Crippen molar-refractivity contribution in [2.45, 2.75) is 13.8 Å². The first kappa shape index (κ1) is 19.6. The van der Waals surface area contributed by atoms with Gasteiger partial charge in [0.25, 0.3) is 0 Å². The fourth-order valence-electron chi connectivity index (χ4n) is 0. The number of rotatable bonds is 2. The molecule has 0 atom stereocenters. The molecule has 0 radical (unpaired) electrons. The van der Waals surface area contributed by atoms with E-state index in [0.717, 1.165) is 0 Å². The molecule has 14 heavy (non-hydrogen) atoms. The van der Waals surface area contributed by atoms with Crippen LogP contribution in [0.5, 0.6) is 0 Å². The normalized spacial score (nSPS) is 10.4. The lowest BCUT2D eigenvalue weighted by Crippen LogP contribution is -1.76. The van der Waals surface area contributed by atoms with Crippen molar-refractivity contribution in [2.75, 3.05) is 12.3 Å². The Balaban J connectivity index is -0.000000147. The molecular formula is C6H18O6P2. The zero-order valence-electron chi connectivity index (χ0n) is 8.33. The Bertz CT molecular complexity index is 182. The topological polar surface area (TPSA) is 115 Å². The highest BCUT2D eigenvalue weighted by atomic mass is 31.2. The highest BCUT2D eigenvalue weighted by molar-refractivity contribution is 7.51. The standard InChI is InChI=1S/2C2H7O3P.C2H4/c2*1-2-6(3,4)5;1-2/h2*2H2,1H3,(H2,3,4,5);1-2H2. The Morgan fingerprint density at radius 3 is 0.929 bits per heavy atom. The van der Waals surface area contributed by atoms with Gasteiger partial charge in [-0.15, -0.1) is 13.2 Å². The summed E-state index contributed by atoms with van der Waals surface area (Å²) in [5.74, 6) is 0. The van der Waals surface area contributed by atoms with E-state index in [2.05, 4.69) is 13.2 Å². The minimum atomic E-state index is -3.65. The van der Waals surface area contributed by atoms with Crippen LogP contribution in [0.3, 0.4) is 0 Å². The number of hydrogen-bond donors (Lipinski definition) is 4. The van der Waals surface area contributed by atoms with Crippen molar-refractivity contribution in [1.29, 1.82) is 0 Å². The van der Waals surface area contributed by atoms with Crippen molar-refractivity contribution in [2.24, 2.45) is 0 Å².